The molecule has 0 saturated heterocycles. The molecule has 1 atom stereocenters. The van der Waals surface area contributed by atoms with Crippen molar-refractivity contribution in [3.63, 3.8) is 0 Å². The predicted molar refractivity (Wildman–Crippen MR) is 133 cm³/mol. The van der Waals surface area contributed by atoms with Crippen molar-refractivity contribution in [3.8, 4) is 0 Å². The Labute approximate surface area is 177 Å². The van der Waals surface area contributed by atoms with E-state index >= 15 is 0 Å². The van der Waals surface area contributed by atoms with Gasteiger partial charge in [-0.3, -0.25) is 0 Å². The third kappa shape index (κ3) is 5.76. The molecular weight excluding hydrogens is 386 g/mol. The molecule has 3 aromatic carbocycles. The van der Waals surface area contributed by atoms with Crippen molar-refractivity contribution >= 4 is 31.8 Å². The van der Waals surface area contributed by atoms with E-state index < -0.39 is 0 Å². The fraction of sp³-hybridized carbons (Fsp3) is 0.185. The zero-order valence-electron chi connectivity index (χ0n) is 16.8. The van der Waals surface area contributed by atoms with Crippen LogP contribution in [0.15, 0.2) is 115 Å². The van der Waals surface area contributed by atoms with Gasteiger partial charge in [0, 0.05) is 0 Å². The lowest BCUT2D eigenvalue weighted by Crippen LogP contribution is -2.17. The third-order valence-electron chi connectivity index (χ3n) is 5.41. The van der Waals surface area contributed by atoms with E-state index in [0.29, 0.717) is 5.92 Å². The molecule has 0 bridgehead atoms. The predicted octanol–water partition coefficient (Wildman–Crippen LogP) is 6.06. The summed E-state index contributed by atoms with van der Waals surface area (Å²) < 4.78 is 0. The molecule has 0 amide bonds. The monoisotopic (exact) mass is 414 g/mol. The molecule has 0 aliphatic heterocycles. The fourth-order valence-corrected chi connectivity index (χ4v) is 9.42. The first-order chi connectivity index (χ1) is 14.4. The van der Waals surface area contributed by atoms with E-state index in [1.807, 2.05) is 0 Å². The first-order valence-corrected chi connectivity index (χ1v) is 13.7. The Morgan fingerprint density at radius 1 is 0.517 bits per heavy atom. The molecule has 0 heterocycles. The number of rotatable bonds is 9. The highest BCUT2D eigenvalue weighted by molar-refractivity contribution is 7.74. The Bertz CT molecular complexity index is 865. The molecule has 0 nitrogen and oxygen atoms in total. The SMILES string of the molecule is C1=CC(CCP(CCP(c2ccccc2)c2ccccc2)c2ccccc2)C=C1. The Morgan fingerprint density at radius 2 is 1.00 bits per heavy atom. The van der Waals surface area contributed by atoms with Crippen molar-refractivity contribution in [2.24, 2.45) is 5.92 Å². The molecule has 1 unspecified atom stereocenters. The van der Waals surface area contributed by atoms with Gasteiger partial charge in [0.05, 0.1) is 0 Å². The van der Waals surface area contributed by atoms with Crippen molar-refractivity contribution in [2.45, 2.75) is 6.42 Å². The lowest BCUT2D eigenvalue weighted by Gasteiger charge is -2.24. The number of hydrogen-bond donors (Lipinski definition) is 0. The molecule has 0 radical (unpaired) electrons. The van der Waals surface area contributed by atoms with E-state index in [9.17, 15) is 0 Å². The highest BCUT2D eigenvalue weighted by Gasteiger charge is 2.18. The van der Waals surface area contributed by atoms with Gasteiger partial charge < -0.3 is 0 Å². The minimum absolute atomic E-state index is 0.137. The molecule has 29 heavy (non-hydrogen) atoms. The minimum Gasteiger partial charge on any atom is -0.0776 e. The van der Waals surface area contributed by atoms with E-state index in [1.165, 1.54) is 35.5 Å². The van der Waals surface area contributed by atoms with Crippen LogP contribution in [0.2, 0.25) is 0 Å². The Morgan fingerprint density at radius 3 is 1.52 bits per heavy atom. The molecule has 3 aromatic rings. The van der Waals surface area contributed by atoms with Crippen LogP contribution in [-0.4, -0.2) is 18.5 Å². The minimum atomic E-state index is -0.306. The van der Waals surface area contributed by atoms with Crippen LogP contribution >= 0.6 is 15.8 Å². The summed E-state index contributed by atoms with van der Waals surface area (Å²) in [5.74, 6) is 0.633. The van der Waals surface area contributed by atoms with Gasteiger partial charge in [-0.1, -0.05) is 123 Å². The van der Waals surface area contributed by atoms with E-state index in [-0.39, 0.29) is 15.8 Å². The normalized spacial score (nSPS) is 14.5. The Kier molecular flexibility index (Phi) is 7.47. The summed E-state index contributed by atoms with van der Waals surface area (Å²) >= 11 is 0. The van der Waals surface area contributed by atoms with Crippen molar-refractivity contribution in [3.05, 3.63) is 115 Å². The Balaban J connectivity index is 1.51. The topological polar surface area (TPSA) is 0 Å². The first kappa shape index (κ1) is 20.3. The van der Waals surface area contributed by atoms with Gasteiger partial charge in [0.15, 0.2) is 0 Å². The highest BCUT2D eigenvalue weighted by Crippen LogP contribution is 2.42. The largest absolute Gasteiger partial charge is 0.0776 e. The maximum atomic E-state index is 2.35. The van der Waals surface area contributed by atoms with Gasteiger partial charge in [0.1, 0.15) is 0 Å². The molecular formula is C27H28P2. The summed E-state index contributed by atoms with van der Waals surface area (Å²) in [6, 6.07) is 33.5. The van der Waals surface area contributed by atoms with Gasteiger partial charge in [-0.15, -0.1) is 0 Å². The summed E-state index contributed by atoms with van der Waals surface area (Å²) in [5.41, 5.74) is 0. The molecule has 146 valence electrons. The molecule has 0 spiro atoms. The summed E-state index contributed by atoms with van der Waals surface area (Å²) in [5, 5.41) is 4.56. The van der Waals surface area contributed by atoms with Crippen LogP contribution in [0.25, 0.3) is 0 Å². The second-order valence-electron chi connectivity index (χ2n) is 7.37. The number of allylic oxidation sites excluding steroid dienone is 4. The zero-order valence-corrected chi connectivity index (χ0v) is 18.6. The Hall–Kier alpha value is -2.00. The molecule has 1 aliphatic rings. The maximum absolute atomic E-state index is 2.35. The second kappa shape index (κ2) is 10.7. The van der Waals surface area contributed by atoms with Crippen LogP contribution in [0.4, 0.5) is 0 Å². The van der Waals surface area contributed by atoms with Crippen LogP contribution in [0, 0.1) is 5.92 Å². The van der Waals surface area contributed by atoms with Gasteiger partial charge in [-0.05, 0) is 54.7 Å². The molecule has 0 saturated carbocycles. The third-order valence-corrected chi connectivity index (χ3v) is 10.9. The van der Waals surface area contributed by atoms with Crippen LogP contribution in [-0.2, 0) is 0 Å². The fourth-order valence-electron chi connectivity index (χ4n) is 3.83. The molecule has 1 aliphatic carbocycles. The van der Waals surface area contributed by atoms with Crippen LogP contribution < -0.4 is 15.9 Å². The van der Waals surface area contributed by atoms with Crippen LogP contribution in [0.3, 0.4) is 0 Å². The van der Waals surface area contributed by atoms with Gasteiger partial charge in [-0.2, -0.15) is 0 Å². The van der Waals surface area contributed by atoms with Gasteiger partial charge in [0.2, 0.25) is 0 Å². The van der Waals surface area contributed by atoms with Crippen molar-refractivity contribution in [1.29, 1.82) is 0 Å². The summed E-state index contributed by atoms with van der Waals surface area (Å²) in [4.78, 5) is 0. The average Bonchev–Trinajstić information content (AvgIpc) is 3.32. The summed E-state index contributed by atoms with van der Waals surface area (Å²) in [6.45, 7) is 0. The van der Waals surface area contributed by atoms with Crippen molar-refractivity contribution < 1.29 is 0 Å². The van der Waals surface area contributed by atoms with E-state index in [2.05, 4.69) is 115 Å². The van der Waals surface area contributed by atoms with Crippen molar-refractivity contribution in [2.75, 3.05) is 18.5 Å². The number of hydrogen-bond acceptors (Lipinski definition) is 0. The van der Waals surface area contributed by atoms with E-state index in [4.69, 9.17) is 0 Å². The van der Waals surface area contributed by atoms with Crippen LogP contribution in [0.1, 0.15) is 6.42 Å². The quantitative estimate of drug-likeness (QED) is 0.374. The number of benzene rings is 3. The van der Waals surface area contributed by atoms with Crippen molar-refractivity contribution in [1.82, 2.24) is 0 Å². The lowest BCUT2D eigenvalue weighted by atomic mass is 10.1. The van der Waals surface area contributed by atoms with Gasteiger partial charge in [-0.25, -0.2) is 0 Å². The molecule has 2 heteroatoms. The molecule has 4 rings (SSSR count). The molecule has 0 N–H and O–H groups in total. The van der Waals surface area contributed by atoms with Gasteiger partial charge >= 0.3 is 0 Å². The molecule has 0 fully saturated rings. The first-order valence-electron chi connectivity index (χ1n) is 10.4. The zero-order chi connectivity index (χ0) is 19.7. The van der Waals surface area contributed by atoms with Gasteiger partial charge in [0.25, 0.3) is 0 Å². The standard InChI is InChI=1S/C27H28P2/c1-4-14-25(15-5-1)28(21-20-24-12-10-11-13-24)22-23-29(26-16-6-2-7-17-26)27-18-8-3-9-19-27/h1-19,24H,20-23H2. The second-order valence-corrected chi connectivity index (χ2v) is 12.2. The van der Waals surface area contributed by atoms with E-state index in [0.717, 1.165) is 0 Å². The van der Waals surface area contributed by atoms with E-state index in [1.54, 1.807) is 5.30 Å². The average molecular weight is 414 g/mol. The highest BCUT2D eigenvalue weighted by atomic mass is 31.1. The van der Waals surface area contributed by atoms with Crippen LogP contribution in [0.5, 0.6) is 0 Å². The maximum Gasteiger partial charge on any atom is -0.00438 e. The summed E-state index contributed by atoms with van der Waals surface area (Å²) in [6.07, 6.45) is 14.2. The molecule has 0 aromatic heterocycles. The summed E-state index contributed by atoms with van der Waals surface area (Å²) in [7, 11) is -0.443. The lowest BCUT2D eigenvalue weighted by molar-refractivity contribution is 0.790. The smallest absolute Gasteiger partial charge is 0.00438 e.